The molecule has 3 unspecified atom stereocenters. The Labute approximate surface area is 130 Å². The Balaban J connectivity index is 1.47. The summed E-state index contributed by atoms with van der Waals surface area (Å²) in [6, 6.07) is 2.39. The molecule has 2 aliphatic carbocycles. The molecule has 5 nitrogen and oxygen atoms in total. The van der Waals surface area contributed by atoms with Crippen molar-refractivity contribution in [3.63, 3.8) is 0 Å². The number of hydrogen-bond donors (Lipinski definition) is 1. The van der Waals surface area contributed by atoms with Crippen molar-refractivity contribution < 1.29 is 0 Å². The summed E-state index contributed by atoms with van der Waals surface area (Å²) in [6.07, 6.45) is 15.0. The SMILES string of the molecule is c1cnc(-c2ccnc(NC3CCC4CCCC4C3)n2)cn1. The quantitative estimate of drug-likeness (QED) is 0.941. The van der Waals surface area contributed by atoms with Crippen molar-refractivity contribution in [2.75, 3.05) is 5.32 Å². The molecule has 0 aromatic carbocycles. The molecule has 0 amide bonds. The van der Waals surface area contributed by atoms with Crippen molar-refractivity contribution in [1.29, 1.82) is 0 Å². The molecule has 4 rings (SSSR count). The normalized spacial score (nSPS) is 27.4. The first kappa shape index (κ1) is 13.6. The fourth-order valence-electron chi connectivity index (χ4n) is 4.02. The van der Waals surface area contributed by atoms with E-state index in [1.54, 1.807) is 24.8 Å². The molecule has 0 radical (unpaired) electrons. The van der Waals surface area contributed by atoms with Gasteiger partial charge in [0.25, 0.3) is 0 Å². The zero-order valence-electron chi connectivity index (χ0n) is 12.7. The highest BCUT2D eigenvalue weighted by molar-refractivity contribution is 5.53. The van der Waals surface area contributed by atoms with Crippen molar-refractivity contribution >= 4 is 5.95 Å². The number of aromatic nitrogens is 4. The monoisotopic (exact) mass is 295 g/mol. The fourth-order valence-corrected chi connectivity index (χ4v) is 4.02. The lowest BCUT2D eigenvalue weighted by Crippen LogP contribution is -2.31. The molecule has 0 aliphatic heterocycles. The highest BCUT2D eigenvalue weighted by atomic mass is 15.1. The molecule has 2 fully saturated rings. The summed E-state index contributed by atoms with van der Waals surface area (Å²) in [6.45, 7) is 0. The van der Waals surface area contributed by atoms with Crippen LogP contribution in [0.5, 0.6) is 0 Å². The lowest BCUT2D eigenvalue weighted by Gasteiger charge is -2.32. The maximum absolute atomic E-state index is 4.60. The molecule has 2 aromatic rings. The van der Waals surface area contributed by atoms with Gasteiger partial charge in [-0.3, -0.25) is 9.97 Å². The van der Waals surface area contributed by atoms with Gasteiger partial charge in [-0.1, -0.05) is 19.3 Å². The van der Waals surface area contributed by atoms with Gasteiger partial charge in [0.15, 0.2) is 0 Å². The van der Waals surface area contributed by atoms with E-state index in [4.69, 9.17) is 0 Å². The summed E-state index contributed by atoms with van der Waals surface area (Å²) in [4.78, 5) is 17.4. The number of nitrogens with one attached hydrogen (secondary N) is 1. The molecule has 22 heavy (non-hydrogen) atoms. The molecular weight excluding hydrogens is 274 g/mol. The number of nitrogens with zero attached hydrogens (tertiary/aromatic N) is 4. The third-order valence-electron chi connectivity index (χ3n) is 5.10. The van der Waals surface area contributed by atoms with E-state index in [1.807, 2.05) is 6.07 Å². The Morgan fingerprint density at radius 1 is 0.909 bits per heavy atom. The van der Waals surface area contributed by atoms with Gasteiger partial charge in [-0.2, -0.15) is 0 Å². The largest absolute Gasteiger partial charge is 0.351 e. The van der Waals surface area contributed by atoms with Crippen LogP contribution in [0.2, 0.25) is 0 Å². The van der Waals surface area contributed by atoms with E-state index < -0.39 is 0 Å². The van der Waals surface area contributed by atoms with Crippen LogP contribution in [0.3, 0.4) is 0 Å². The van der Waals surface area contributed by atoms with Crippen LogP contribution in [0.4, 0.5) is 5.95 Å². The van der Waals surface area contributed by atoms with Gasteiger partial charge in [0.2, 0.25) is 5.95 Å². The number of anilines is 1. The smallest absolute Gasteiger partial charge is 0.223 e. The molecule has 1 N–H and O–H groups in total. The van der Waals surface area contributed by atoms with Crippen LogP contribution < -0.4 is 5.32 Å². The van der Waals surface area contributed by atoms with Gasteiger partial charge >= 0.3 is 0 Å². The van der Waals surface area contributed by atoms with E-state index in [2.05, 4.69) is 25.3 Å². The minimum absolute atomic E-state index is 0.511. The van der Waals surface area contributed by atoms with Crippen LogP contribution in [-0.2, 0) is 0 Å². The van der Waals surface area contributed by atoms with Crippen molar-refractivity contribution in [3.05, 3.63) is 30.9 Å². The van der Waals surface area contributed by atoms with Gasteiger partial charge in [-0.15, -0.1) is 0 Å². The van der Waals surface area contributed by atoms with Crippen molar-refractivity contribution in [3.8, 4) is 11.4 Å². The van der Waals surface area contributed by atoms with Gasteiger partial charge < -0.3 is 5.32 Å². The number of hydrogen-bond acceptors (Lipinski definition) is 5. The second-order valence-electron chi connectivity index (χ2n) is 6.46. The zero-order valence-corrected chi connectivity index (χ0v) is 12.7. The minimum Gasteiger partial charge on any atom is -0.351 e. The zero-order chi connectivity index (χ0) is 14.8. The van der Waals surface area contributed by atoms with Crippen molar-refractivity contribution in [1.82, 2.24) is 19.9 Å². The van der Waals surface area contributed by atoms with Crippen LogP contribution in [-0.4, -0.2) is 26.0 Å². The lowest BCUT2D eigenvalue weighted by atomic mass is 9.79. The number of rotatable bonds is 3. The Kier molecular flexibility index (Phi) is 3.70. The van der Waals surface area contributed by atoms with Crippen LogP contribution in [0.25, 0.3) is 11.4 Å². The molecule has 2 aliphatic rings. The Hall–Kier alpha value is -2.04. The van der Waals surface area contributed by atoms with Gasteiger partial charge in [0, 0.05) is 24.6 Å². The third-order valence-corrected chi connectivity index (χ3v) is 5.10. The maximum Gasteiger partial charge on any atom is 0.223 e. The van der Waals surface area contributed by atoms with E-state index in [-0.39, 0.29) is 0 Å². The van der Waals surface area contributed by atoms with Gasteiger partial charge in [-0.05, 0) is 37.2 Å². The molecule has 2 aromatic heterocycles. The van der Waals surface area contributed by atoms with E-state index in [1.165, 1.54) is 38.5 Å². The third kappa shape index (κ3) is 2.80. The minimum atomic E-state index is 0.511. The summed E-state index contributed by atoms with van der Waals surface area (Å²) in [5, 5.41) is 3.53. The Bertz CT molecular complexity index is 630. The van der Waals surface area contributed by atoms with E-state index in [0.717, 1.165) is 23.2 Å². The first-order valence-corrected chi connectivity index (χ1v) is 8.24. The first-order valence-electron chi connectivity index (χ1n) is 8.24. The topological polar surface area (TPSA) is 63.6 Å². The summed E-state index contributed by atoms with van der Waals surface area (Å²) < 4.78 is 0. The molecule has 114 valence electrons. The molecule has 0 bridgehead atoms. The average Bonchev–Trinajstić information content (AvgIpc) is 3.04. The lowest BCUT2D eigenvalue weighted by molar-refractivity contribution is 0.260. The second kappa shape index (κ2) is 5.99. The van der Waals surface area contributed by atoms with Gasteiger partial charge in [-0.25, -0.2) is 9.97 Å². The standard InChI is InChI=1S/C17H21N5/c1-2-12-4-5-14(10-13(12)3-1)21-17-20-7-6-15(22-17)16-11-18-8-9-19-16/h6-9,11-14H,1-5,10H2,(H,20,21,22). The van der Waals surface area contributed by atoms with E-state index in [0.29, 0.717) is 12.0 Å². The molecule has 0 spiro atoms. The van der Waals surface area contributed by atoms with Gasteiger partial charge in [0.05, 0.1) is 11.9 Å². The number of fused-ring (bicyclic) bond motifs is 1. The highest BCUT2D eigenvalue weighted by Crippen LogP contribution is 2.42. The Morgan fingerprint density at radius 2 is 1.86 bits per heavy atom. The average molecular weight is 295 g/mol. The van der Waals surface area contributed by atoms with E-state index in [9.17, 15) is 0 Å². The van der Waals surface area contributed by atoms with Gasteiger partial charge in [0.1, 0.15) is 5.69 Å². The molecule has 3 atom stereocenters. The predicted octanol–water partition coefficient (Wildman–Crippen LogP) is 3.31. The Morgan fingerprint density at radius 3 is 2.77 bits per heavy atom. The molecule has 2 saturated carbocycles. The highest BCUT2D eigenvalue weighted by Gasteiger charge is 2.33. The van der Waals surface area contributed by atoms with E-state index >= 15 is 0 Å². The summed E-state index contributed by atoms with van der Waals surface area (Å²) in [5.74, 6) is 2.60. The van der Waals surface area contributed by atoms with Crippen LogP contribution in [0.15, 0.2) is 30.9 Å². The van der Waals surface area contributed by atoms with Crippen LogP contribution >= 0.6 is 0 Å². The first-order chi connectivity index (χ1) is 10.9. The molecule has 5 heteroatoms. The molecule has 2 heterocycles. The summed E-state index contributed by atoms with van der Waals surface area (Å²) in [5.41, 5.74) is 1.60. The van der Waals surface area contributed by atoms with Crippen molar-refractivity contribution in [2.45, 2.75) is 44.6 Å². The maximum atomic E-state index is 4.60. The summed E-state index contributed by atoms with van der Waals surface area (Å²) in [7, 11) is 0. The van der Waals surface area contributed by atoms with Crippen molar-refractivity contribution in [2.24, 2.45) is 11.8 Å². The predicted molar refractivity (Wildman–Crippen MR) is 85.2 cm³/mol. The fraction of sp³-hybridized carbons (Fsp3) is 0.529. The second-order valence-corrected chi connectivity index (χ2v) is 6.46. The van der Waals surface area contributed by atoms with Crippen LogP contribution in [0.1, 0.15) is 38.5 Å². The molecular formula is C17H21N5. The van der Waals surface area contributed by atoms with Crippen LogP contribution in [0, 0.1) is 11.8 Å². The molecule has 0 saturated heterocycles. The summed E-state index contributed by atoms with van der Waals surface area (Å²) >= 11 is 0.